The normalized spacial score (nSPS) is 18.1. The molecule has 3 nitrogen and oxygen atoms in total. The van der Waals surface area contributed by atoms with Crippen LogP contribution in [0.3, 0.4) is 0 Å². The summed E-state index contributed by atoms with van der Waals surface area (Å²) in [5.74, 6) is 0.594. The van der Waals surface area contributed by atoms with Crippen LogP contribution in [-0.2, 0) is 0 Å². The maximum atomic E-state index is 5.70. The molecule has 0 aromatic carbocycles. The van der Waals surface area contributed by atoms with E-state index in [2.05, 4.69) is 9.97 Å². The van der Waals surface area contributed by atoms with E-state index in [9.17, 15) is 0 Å². The number of aromatic nitrogens is 2. The molecule has 4 heteroatoms. The number of halogens is 1. The van der Waals surface area contributed by atoms with Gasteiger partial charge in [-0.1, -0.05) is 6.42 Å². The Morgan fingerprint density at radius 1 is 1.29 bits per heavy atom. The van der Waals surface area contributed by atoms with E-state index in [-0.39, 0.29) is 5.28 Å². The minimum absolute atomic E-state index is 0.248. The van der Waals surface area contributed by atoms with Crippen LogP contribution in [0.1, 0.15) is 32.1 Å². The van der Waals surface area contributed by atoms with E-state index in [1.165, 1.54) is 19.3 Å². The Bertz CT molecular complexity index is 300. The second-order valence-corrected chi connectivity index (χ2v) is 3.88. The first-order chi connectivity index (χ1) is 6.84. The highest BCUT2D eigenvalue weighted by Crippen LogP contribution is 2.22. The average molecular weight is 213 g/mol. The van der Waals surface area contributed by atoms with Gasteiger partial charge in [0.1, 0.15) is 6.10 Å². The smallest absolute Gasteiger partial charge is 0.225 e. The summed E-state index contributed by atoms with van der Waals surface area (Å²) in [6.45, 7) is 0. The lowest BCUT2D eigenvalue weighted by atomic mass is 9.98. The second kappa shape index (κ2) is 4.60. The monoisotopic (exact) mass is 212 g/mol. The molecule has 0 saturated heterocycles. The molecule has 0 atom stereocenters. The molecule has 1 aromatic heterocycles. The van der Waals surface area contributed by atoms with Gasteiger partial charge in [0.05, 0.1) is 0 Å². The molecule has 0 radical (unpaired) electrons. The zero-order valence-corrected chi connectivity index (χ0v) is 8.70. The highest BCUT2D eigenvalue weighted by Gasteiger charge is 2.15. The second-order valence-electron chi connectivity index (χ2n) is 3.54. The molecule has 2 rings (SSSR count). The van der Waals surface area contributed by atoms with Crippen LogP contribution in [0.15, 0.2) is 12.3 Å². The zero-order valence-electron chi connectivity index (χ0n) is 7.95. The van der Waals surface area contributed by atoms with E-state index in [0.29, 0.717) is 12.0 Å². The number of hydrogen-bond donors (Lipinski definition) is 0. The first kappa shape index (κ1) is 9.71. The van der Waals surface area contributed by atoms with Crippen molar-refractivity contribution in [3.63, 3.8) is 0 Å². The molecule has 76 valence electrons. The van der Waals surface area contributed by atoms with Gasteiger partial charge in [-0.25, -0.2) is 4.98 Å². The maximum absolute atomic E-state index is 5.70. The molecule has 14 heavy (non-hydrogen) atoms. The minimum atomic E-state index is 0.248. The first-order valence-electron chi connectivity index (χ1n) is 5.00. The molecule has 1 fully saturated rings. The van der Waals surface area contributed by atoms with E-state index >= 15 is 0 Å². The fourth-order valence-electron chi connectivity index (χ4n) is 1.74. The highest BCUT2D eigenvalue weighted by molar-refractivity contribution is 6.28. The van der Waals surface area contributed by atoms with Gasteiger partial charge in [0.2, 0.25) is 11.2 Å². The number of hydrogen-bond acceptors (Lipinski definition) is 3. The Hall–Kier alpha value is -0.830. The van der Waals surface area contributed by atoms with Crippen molar-refractivity contribution < 1.29 is 4.74 Å². The molecular weight excluding hydrogens is 200 g/mol. The first-order valence-corrected chi connectivity index (χ1v) is 5.37. The molecule has 0 aliphatic heterocycles. The van der Waals surface area contributed by atoms with Crippen molar-refractivity contribution in [1.29, 1.82) is 0 Å². The highest BCUT2D eigenvalue weighted by atomic mass is 35.5. The summed E-state index contributed by atoms with van der Waals surface area (Å²) in [6, 6.07) is 1.75. The molecule has 0 N–H and O–H groups in total. The van der Waals surface area contributed by atoms with Gasteiger partial charge in [0.15, 0.2) is 0 Å². The van der Waals surface area contributed by atoms with Gasteiger partial charge < -0.3 is 4.74 Å². The van der Waals surface area contributed by atoms with Gasteiger partial charge in [0.25, 0.3) is 0 Å². The van der Waals surface area contributed by atoms with Crippen LogP contribution in [0.2, 0.25) is 5.28 Å². The van der Waals surface area contributed by atoms with Gasteiger partial charge in [-0.05, 0) is 37.3 Å². The Morgan fingerprint density at radius 2 is 2.07 bits per heavy atom. The quantitative estimate of drug-likeness (QED) is 0.708. The van der Waals surface area contributed by atoms with Crippen LogP contribution in [0.25, 0.3) is 0 Å². The molecule has 0 amide bonds. The van der Waals surface area contributed by atoms with Crippen molar-refractivity contribution >= 4 is 11.6 Å². The van der Waals surface area contributed by atoms with Crippen molar-refractivity contribution in [2.75, 3.05) is 0 Å². The average Bonchev–Trinajstić information content (AvgIpc) is 2.19. The van der Waals surface area contributed by atoms with E-state index in [1.54, 1.807) is 12.3 Å². The number of rotatable bonds is 2. The summed E-state index contributed by atoms with van der Waals surface area (Å²) in [6.07, 6.45) is 8.02. The summed E-state index contributed by atoms with van der Waals surface area (Å²) in [7, 11) is 0. The molecule has 1 saturated carbocycles. The molecular formula is C10H13ClN2O. The predicted octanol–water partition coefficient (Wildman–Crippen LogP) is 2.84. The third-order valence-electron chi connectivity index (χ3n) is 2.44. The van der Waals surface area contributed by atoms with Gasteiger partial charge in [0, 0.05) is 12.3 Å². The van der Waals surface area contributed by atoms with E-state index in [4.69, 9.17) is 16.3 Å². The van der Waals surface area contributed by atoms with Gasteiger partial charge >= 0.3 is 0 Å². The van der Waals surface area contributed by atoms with Crippen molar-refractivity contribution in [2.45, 2.75) is 38.2 Å². The van der Waals surface area contributed by atoms with Crippen molar-refractivity contribution in [2.24, 2.45) is 0 Å². The molecule has 1 aromatic rings. The SMILES string of the molecule is Clc1nccc(OC2CCCCC2)n1. The third kappa shape index (κ3) is 2.58. The minimum Gasteiger partial charge on any atom is -0.474 e. The van der Waals surface area contributed by atoms with E-state index in [0.717, 1.165) is 12.8 Å². The number of ether oxygens (including phenoxy) is 1. The van der Waals surface area contributed by atoms with Gasteiger partial charge in [-0.2, -0.15) is 4.98 Å². The molecule has 1 heterocycles. The van der Waals surface area contributed by atoms with Gasteiger partial charge in [-0.15, -0.1) is 0 Å². The molecule has 1 aliphatic rings. The van der Waals surface area contributed by atoms with E-state index < -0.39 is 0 Å². The number of nitrogens with zero attached hydrogens (tertiary/aromatic N) is 2. The van der Waals surface area contributed by atoms with Crippen LogP contribution in [0.4, 0.5) is 0 Å². The summed E-state index contributed by atoms with van der Waals surface area (Å²) in [4.78, 5) is 7.81. The van der Waals surface area contributed by atoms with E-state index in [1.807, 2.05) is 0 Å². The summed E-state index contributed by atoms with van der Waals surface area (Å²) in [5, 5.41) is 0.248. The van der Waals surface area contributed by atoms with Crippen LogP contribution < -0.4 is 4.74 Å². The molecule has 0 unspecified atom stereocenters. The lowest BCUT2D eigenvalue weighted by Gasteiger charge is -2.22. The fourth-order valence-corrected chi connectivity index (χ4v) is 1.88. The van der Waals surface area contributed by atoms with Gasteiger partial charge in [-0.3, -0.25) is 0 Å². The molecule has 0 bridgehead atoms. The lowest BCUT2D eigenvalue weighted by molar-refractivity contribution is 0.148. The lowest BCUT2D eigenvalue weighted by Crippen LogP contribution is -2.20. The topological polar surface area (TPSA) is 35.0 Å². The van der Waals surface area contributed by atoms with Crippen molar-refractivity contribution in [3.8, 4) is 5.88 Å². The van der Waals surface area contributed by atoms with Crippen LogP contribution in [-0.4, -0.2) is 16.1 Å². The zero-order chi connectivity index (χ0) is 9.80. The Morgan fingerprint density at radius 3 is 2.79 bits per heavy atom. The van der Waals surface area contributed by atoms with Crippen molar-refractivity contribution in [3.05, 3.63) is 17.5 Å². The summed E-state index contributed by atoms with van der Waals surface area (Å²) >= 11 is 5.66. The summed E-state index contributed by atoms with van der Waals surface area (Å²) in [5.41, 5.74) is 0. The van der Waals surface area contributed by atoms with Crippen LogP contribution >= 0.6 is 11.6 Å². The van der Waals surface area contributed by atoms with Crippen molar-refractivity contribution in [1.82, 2.24) is 9.97 Å². The standard InChI is InChI=1S/C10H13ClN2O/c11-10-12-7-6-9(13-10)14-8-4-2-1-3-5-8/h6-8H,1-5H2. The largest absolute Gasteiger partial charge is 0.474 e. The maximum Gasteiger partial charge on any atom is 0.225 e. The Labute approximate surface area is 88.5 Å². The summed E-state index contributed by atoms with van der Waals surface area (Å²) < 4.78 is 5.70. The predicted molar refractivity (Wildman–Crippen MR) is 54.5 cm³/mol. The third-order valence-corrected chi connectivity index (χ3v) is 2.62. The fraction of sp³-hybridized carbons (Fsp3) is 0.600. The van der Waals surface area contributed by atoms with Crippen LogP contribution in [0, 0.1) is 0 Å². The molecule has 0 spiro atoms. The Balaban J connectivity index is 1.95. The Kier molecular flexibility index (Phi) is 3.19. The van der Waals surface area contributed by atoms with Crippen LogP contribution in [0.5, 0.6) is 5.88 Å². The molecule has 1 aliphatic carbocycles.